The zero-order valence-corrected chi connectivity index (χ0v) is 10.8. The molecule has 0 N–H and O–H groups in total. The monoisotopic (exact) mass is 252 g/mol. The van der Waals surface area contributed by atoms with Crippen LogP contribution >= 0.6 is 0 Å². The molecule has 3 rings (SSSR count). The van der Waals surface area contributed by atoms with E-state index in [1.807, 2.05) is 36.4 Å². The van der Waals surface area contributed by atoms with E-state index < -0.39 is 0 Å². The maximum absolute atomic E-state index is 5.66. The molecule has 0 amide bonds. The molecule has 0 aromatic heterocycles. The summed E-state index contributed by atoms with van der Waals surface area (Å²) in [6, 6.07) is 20.4. The van der Waals surface area contributed by atoms with E-state index in [1.54, 1.807) is 7.11 Å². The Hall–Kier alpha value is -2.00. The maximum Gasteiger partial charge on any atom is 0.124 e. The number of ether oxygens (including phenoxy) is 1. The first-order chi connectivity index (χ1) is 9.40. The molecule has 1 aliphatic heterocycles. The van der Waals surface area contributed by atoms with Gasteiger partial charge in [0, 0.05) is 7.11 Å². The predicted molar refractivity (Wildman–Crippen MR) is 74.0 cm³/mol. The van der Waals surface area contributed by atoms with Crippen LogP contribution in [0.15, 0.2) is 70.9 Å². The minimum absolute atomic E-state index is 0.0172. The summed E-state index contributed by atoms with van der Waals surface area (Å²) in [6.45, 7) is 0. The standard InChI is InChI=1S/C16H16N2O/c1-19-16-14(12-8-4-2-5-9-12)17-18-15(16)13-10-6-3-7-11-13/h2-11,14-16H,1H3. The number of hydrogen-bond donors (Lipinski definition) is 0. The van der Waals surface area contributed by atoms with Crippen molar-refractivity contribution < 1.29 is 4.74 Å². The second-order valence-electron chi connectivity index (χ2n) is 4.64. The number of azo groups is 1. The maximum atomic E-state index is 5.66. The number of nitrogens with zero attached hydrogens (tertiary/aromatic N) is 2. The van der Waals surface area contributed by atoms with Crippen LogP contribution in [0, 0.1) is 0 Å². The smallest absolute Gasteiger partial charge is 0.124 e. The summed E-state index contributed by atoms with van der Waals surface area (Å²) in [6.07, 6.45) is -0.0372. The molecule has 0 aliphatic carbocycles. The quantitative estimate of drug-likeness (QED) is 0.814. The fourth-order valence-electron chi connectivity index (χ4n) is 2.52. The molecular weight excluding hydrogens is 236 g/mol. The van der Waals surface area contributed by atoms with E-state index in [9.17, 15) is 0 Å². The Morgan fingerprint density at radius 1 is 0.737 bits per heavy atom. The van der Waals surface area contributed by atoms with Crippen LogP contribution in [0.2, 0.25) is 0 Å². The van der Waals surface area contributed by atoms with E-state index in [4.69, 9.17) is 4.74 Å². The van der Waals surface area contributed by atoms with Gasteiger partial charge in [0.25, 0.3) is 0 Å². The Morgan fingerprint density at radius 3 is 1.53 bits per heavy atom. The summed E-state index contributed by atoms with van der Waals surface area (Å²) in [7, 11) is 1.73. The average molecular weight is 252 g/mol. The van der Waals surface area contributed by atoms with Gasteiger partial charge in [-0.3, -0.25) is 0 Å². The zero-order valence-electron chi connectivity index (χ0n) is 10.8. The molecule has 2 unspecified atom stereocenters. The molecule has 3 heteroatoms. The zero-order chi connectivity index (χ0) is 13.1. The number of rotatable bonds is 3. The van der Waals surface area contributed by atoms with Gasteiger partial charge in [-0.2, -0.15) is 10.2 Å². The number of hydrogen-bond acceptors (Lipinski definition) is 3. The first kappa shape index (κ1) is 12.1. The second kappa shape index (κ2) is 5.33. The van der Waals surface area contributed by atoms with Gasteiger partial charge in [0.1, 0.15) is 18.2 Å². The van der Waals surface area contributed by atoms with E-state index in [0.29, 0.717) is 0 Å². The molecule has 0 spiro atoms. The Labute approximate surface area is 113 Å². The van der Waals surface area contributed by atoms with E-state index in [0.717, 1.165) is 11.1 Å². The van der Waals surface area contributed by atoms with E-state index in [2.05, 4.69) is 34.5 Å². The lowest BCUT2D eigenvalue weighted by molar-refractivity contribution is 0.0762. The van der Waals surface area contributed by atoms with Crippen molar-refractivity contribution in [2.24, 2.45) is 10.2 Å². The summed E-state index contributed by atoms with van der Waals surface area (Å²) in [5.41, 5.74) is 2.30. The highest BCUT2D eigenvalue weighted by atomic mass is 16.5. The second-order valence-corrected chi connectivity index (χ2v) is 4.64. The van der Waals surface area contributed by atoms with Crippen molar-refractivity contribution in [2.75, 3.05) is 7.11 Å². The van der Waals surface area contributed by atoms with Gasteiger partial charge in [-0.15, -0.1) is 0 Å². The number of benzene rings is 2. The topological polar surface area (TPSA) is 34.0 Å². The van der Waals surface area contributed by atoms with Crippen molar-refractivity contribution in [1.82, 2.24) is 0 Å². The Bertz CT molecular complexity index is 504. The van der Waals surface area contributed by atoms with Gasteiger partial charge in [0.05, 0.1) is 0 Å². The highest BCUT2D eigenvalue weighted by Gasteiger charge is 2.36. The third-order valence-electron chi connectivity index (χ3n) is 3.49. The molecule has 19 heavy (non-hydrogen) atoms. The highest BCUT2D eigenvalue weighted by Crippen LogP contribution is 2.40. The van der Waals surface area contributed by atoms with Gasteiger partial charge in [-0.05, 0) is 11.1 Å². The first-order valence-corrected chi connectivity index (χ1v) is 6.43. The Morgan fingerprint density at radius 2 is 1.16 bits per heavy atom. The third-order valence-corrected chi connectivity index (χ3v) is 3.49. The van der Waals surface area contributed by atoms with Crippen molar-refractivity contribution in [1.29, 1.82) is 0 Å². The van der Waals surface area contributed by atoms with Gasteiger partial charge in [0.2, 0.25) is 0 Å². The molecule has 2 aromatic carbocycles. The Kier molecular flexibility index (Phi) is 3.38. The SMILES string of the molecule is COC1C(c2ccccc2)N=NC1c1ccccc1. The molecular formula is C16H16N2O. The van der Waals surface area contributed by atoms with Crippen LogP contribution in [-0.2, 0) is 4.74 Å². The lowest BCUT2D eigenvalue weighted by atomic mass is 9.94. The molecule has 96 valence electrons. The minimum Gasteiger partial charge on any atom is -0.376 e. The number of methoxy groups -OCH3 is 1. The van der Waals surface area contributed by atoms with Crippen LogP contribution in [-0.4, -0.2) is 13.2 Å². The predicted octanol–water partition coefficient (Wildman–Crippen LogP) is 3.95. The van der Waals surface area contributed by atoms with E-state index in [1.165, 1.54) is 0 Å². The largest absolute Gasteiger partial charge is 0.376 e. The lowest BCUT2D eigenvalue weighted by Gasteiger charge is -2.20. The molecule has 0 saturated carbocycles. The van der Waals surface area contributed by atoms with Crippen LogP contribution in [0.25, 0.3) is 0 Å². The molecule has 0 radical (unpaired) electrons. The normalized spacial score (nSPS) is 25.6. The average Bonchev–Trinajstić information content (AvgIpc) is 2.93. The van der Waals surface area contributed by atoms with Gasteiger partial charge in [-0.1, -0.05) is 60.7 Å². The summed E-state index contributed by atoms with van der Waals surface area (Å²) in [5.74, 6) is 0. The highest BCUT2D eigenvalue weighted by molar-refractivity contribution is 5.27. The molecule has 0 fully saturated rings. The first-order valence-electron chi connectivity index (χ1n) is 6.43. The van der Waals surface area contributed by atoms with Crippen molar-refractivity contribution >= 4 is 0 Å². The van der Waals surface area contributed by atoms with Crippen molar-refractivity contribution in [2.45, 2.75) is 18.2 Å². The van der Waals surface area contributed by atoms with E-state index in [-0.39, 0.29) is 18.2 Å². The van der Waals surface area contributed by atoms with Gasteiger partial charge >= 0.3 is 0 Å². The molecule has 3 nitrogen and oxygen atoms in total. The van der Waals surface area contributed by atoms with Crippen LogP contribution < -0.4 is 0 Å². The van der Waals surface area contributed by atoms with Crippen LogP contribution in [0.4, 0.5) is 0 Å². The molecule has 1 aliphatic rings. The molecule has 0 bridgehead atoms. The molecule has 1 heterocycles. The van der Waals surface area contributed by atoms with Gasteiger partial charge < -0.3 is 4.74 Å². The summed E-state index contributed by atoms with van der Waals surface area (Å²) < 4.78 is 5.66. The van der Waals surface area contributed by atoms with Crippen molar-refractivity contribution in [3.8, 4) is 0 Å². The van der Waals surface area contributed by atoms with Crippen molar-refractivity contribution in [3.05, 3.63) is 71.8 Å². The molecule has 2 atom stereocenters. The minimum atomic E-state index is -0.0372. The van der Waals surface area contributed by atoms with Crippen LogP contribution in [0.5, 0.6) is 0 Å². The van der Waals surface area contributed by atoms with Crippen LogP contribution in [0.3, 0.4) is 0 Å². The molecule has 0 saturated heterocycles. The summed E-state index contributed by atoms with van der Waals surface area (Å²) >= 11 is 0. The lowest BCUT2D eigenvalue weighted by Crippen LogP contribution is -2.22. The van der Waals surface area contributed by atoms with E-state index >= 15 is 0 Å². The van der Waals surface area contributed by atoms with Gasteiger partial charge in [0.15, 0.2) is 0 Å². The summed E-state index contributed by atoms with van der Waals surface area (Å²) in [5, 5.41) is 8.83. The molecule has 2 aromatic rings. The Balaban J connectivity index is 1.90. The fourth-order valence-corrected chi connectivity index (χ4v) is 2.52. The third kappa shape index (κ3) is 2.29. The van der Waals surface area contributed by atoms with Crippen molar-refractivity contribution in [3.63, 3.8) is 0 Å². The van der Waals surface area contributed by atoms with Gasteiger partial charge in [-0.25, -0.2) is 0 Å². The summed E-state index contributed by atoms with van der Waals surface area (Å²) in [4.78, 5) is 0. The fraction of sp³-hybridized carbons (Fsp3) is 0.250. The van der Waals surface area contributed by atoms with Crippen LogP contribution in [0.1, 0.15) is 23.2 Å².